The van der Waals surface area contributed by atoms with E-state index in [0.29, 0.717) is 28.9 Å². The summed E-state index contributed by atoms with van der Waals surface area (Å²) >= 11 is 4.46. The summed E-state index contributed by atoms with van der Waals surface area (Å²) in [5.74, 6) is 0.423. The molecule has 0 radical (unpaired) electrons. The van der Waals surface area contributed by atoms with Crippen LogP contribution in [0.3, 0.4) is 0 Å². The van der Waals surface area contributed by atoms with Crippen LogP contribution in [-0.4, -0.2) is 38.7 Å². The molecule has 3 aromatic rings. The van der Waals surface area contributed by atoms with Crippen molar-refractivity contribution in [1.82, 2.24) is 14.5 Å². The lowest BCUT2D eigenvalue weighted by Crippen LogP contribution is -2.42. The quantitative estimate of drug-likeness (QED) is 0.241. The third kappa shape index (κ3) is 4.66. The largest absolute Gasteiger partial charge is 0.339 e. The van der Waals surface area contributed by atoms with E-state index in [0.717, 1.165) is 34.7 Å². The number of hydrogen-bond donors (Lipinski definition) is 0. The standard InChI is InChI=1S/C23H27N3O2S3/c1-3-12-26-22(28)20-17(18-11-8-13-29-18)14-30-21(20)24-23(26)31-15-19(27)25(4-2)16-9-6-5-7-10-16/h3,8,11,13-14,16H,1,4-7,9-10,12,15H2,2H3. The van der Waals surface area contributed by atoms with E-state index >= 15 is 0 Å². The fourth-order valence-electron chi connectivity index (χ4n) is 4.26. The first-order valence-electron chi connectivity index (χ1n) is 10.7. The van der Waals surface area contributed by atoms with Gasteiger partial charge in [0.1, 0.15) is 4.83 Å². The number of fused-ring (bicyclic) bond motifs is 1. The van der Waals surface area contributed by atoms with Crippen molar-refractivity contribution < 1.29 is 4.79 Å². The molecular weight excluding hydrogens is 446 g/mol. The molecule has 8 heteroatoms. The highest BCUT2D eigenvalue weighted by Crippen LogP contribution is 2.34. The van der Waals surface area contributed by atoms with E-state index in [2.05, 4.69) is 6.58 Å². The van der Waals surface area contributed by atoms with Gasteiger partial charge in [-0.15, -0.1) is 29.3 Å². The van der Waals surface area contributed by atoms with Gasteiger partial charge < -0.3 is 4.90 Å². The molecule has 1 amide bonds. The lowest BCUT2D eigenvalue weighted by Gasteiger charge is -2.33. The third-order valence-electron chi connectivity index (χ3n) is 5.76. The Kier molecular flexibility index (Phi) is 7.30. The molecule has 31 heavy (non-hydrogen) atoms. The summed E-state index contributed by atoms with van der Waals surface area (Å²) in [6, 6.07) is 4.36. The maximum atomic E-state index is 13.4. The molecule has 3 aromatic heterocycles. The minimum atomic E-state index is -0.0656. The summed E-state index contributed by atoms with van der Waals surface area (Å²) < 4.78 is 1.65. The Balaban J connectivity index is 1.61. The highest BCUT2D eigenvalue weighted by Gasteiger charge is 2.25. The Morgan fingerprint density at radius 2 is 2.16 bits per heavy atom. The highest BCUT2D eigenvalue weighted by molar-refractivity contribution is 7.99. The number of amides is 1. The highest BCUT2D eigenvalue weighted by atomic mass is 32.2. The van der Waals surface area contributed by atoms with Crippen LogP contribution in [0.15, 0.2) is 45.5 Å². The normalized spacial score (nSPS) is 14.7. The maximum absolute atomic E-state index is 13.4. The number of hydrogen-bond acceptors (Lipinski definition) is 6. The summed E-state index contributed by atoms with van der Waals surface area (Å²) in [6.07, 6.45) is 7.56. The van der Waals surface area contributed by atoms with Crippen LogP contribution < -0.4 is 5.56 Å². The zero-order chi connectivity index (χ0) is 21.8. The Bertz CT molecular complexity index is 1110. The molecule has 0 aromatic carbocycles. The van der Waals surface area contributed by atoms with Gasteiger partial charge in [-0.2, -0.15) is 0 Å². The third-order valence-corrected chi connectivity index (χ3v) is 8.49. The molecule has 0 saturated heterocycles. The SMILES string of the molecule is C=CCn1c(SCC(=O)N(CC)C2CCCCC2)nc2scc(-c3cccs3)c2c1=O. The van der Waals surface area contributed by atoms with E-state index < -0.39 is 0 Å². The van der Waals surface area contributed by atoms with Gasteiger partial charge >= 0.3 is 0 Å². The number of carbonyl (C=O) groups excluding carboxylic acids is 1. The van der Waals surface area contributed by atoms with Gasteiger partial charge in [-0.1, -0.05) is 43.2 Å². The van der Waals surface area contributed by atoms with Crippen LogP contribution in [0.4, 0.5) is 0 Å². The number of aromatic nitrogens is 2. The number of allylic oxidation sites excluding steroid dienone is 1. The molecule has 5 nitrogen and oxygen atoms in total. The average molecular weight is 474 g/mol. The van der Waals surface area contributed by atoms with Gasteiger partial charge in [0.05, 0.1) is 11.1 Å². The Hall–Kier alpha value is -1.90. The zero-order valence-electron chi connectivity index (χ0n) is 17.7. The van der Waals surface area contributed by atoms with E-state index in [1.807, 2.05) is 34.7 Å². The van der Waals surface area contributed by atoms with Gasteiger partial charge in [0.15, 0.2) is 5.16 Å². The van der Waals surface area contributed by atoms with Crippen LogP contribution in [0.1, 0.15) is 39.0 Å². The van der Waals surface area contributed by atoms with Gasteiger partial charge in [-0.05, 0) is 31.2 Å². The number of nitrogens with zero attached hydrogens (tertiary/aromatic N) is 3. The number of thiophene rings is 2. The predicted molar refractivity (Wildman–Crippen MR) is 132 cm³/mol. The molecule has 1 saturated carbocycles. The fourth-order valence-corrected chi connectivity index (χ4v) is 6.96. The van der Waals surface area contributed by atoms with Crippen LogP contribution in [0.25, 0.3) is 20.7 Å². The molecule has 3 heterocycles. The van der Waals surface area contributed by atoms with E-state index in [4.69, 9.17) is 4.98 Å². The van der Waals surface area contributed by atoms with Crippen molar-refractivity contribution >= 4 is 50.6 Å². The van der Waals surface area contributed by atoms with Crippen molar-refractivity contribution in [2.75, 3.05) is 12.3 Å². The topological polar surface area (TPSA) is 55.2 Å². The minimum absolute atomic E-state index is 0.0656. The van der Waals surface area contributed by atoms with Crippen molar-refractivity contribution in [2.24, 2.45) is 0 Å². The first-order valence-corrected chi connectivity index (χ1v) is 13.5. The summed E-state index contributed by atoms with van der Waals surface area (Å²) in [5.41, 5.74) is 0.872. The lowest BCUT2D eigenvalue weighted by molar-refractivity contribution is -0.131. The molecule has 0 unspecified atom stereocenters. The van der Waals surface area contributed by atoms with E-state index in [-0.39, 0.29) is 11.5 Å². The monoisotopic (exact) mass is 473 g/mol. The Morgan fingerprint density at radius 3 is 2.84 bits per heavy atom. The Morgan fingerprint density at radius 1 is 1.35 bits per heavy atom. The van der Waals surface area contributed by atoms with Gasteiger partial charge in [0.2, 0.25) is 5.91 Å². The van der Waals surface area contributed by atoms with Crippen LogP contribution >= 0.6 is 34.4 Å². The average Bonchev–Trinajstić information content (AvgIpc) is 3.45. The second-order valence-electron chi connectivity index (χ2n) is 7.67. The van der Waals surface area contributed by atoms with E-state index in [9.17, 15) is 9.59 Å². The lowest BCUT2D eigenvalue weighted by atomic mass is 9.94. The maximum Gasteiger partial charge on any atom is 0.263 e. The van der Waals surface area contributed by atoms with Crippen molar-refractivity contribution in [1.29, 1.82) is 0 Å². The molecule has 1 fully saturated rings. The zero-order valence-corrected chi connectivity index (χ0v) is 20.2. The van der Waals surface area contributed by atoms with Crippen molar-refractivity contribution in [3.8, 4) is 10.4 Å². The van der Waals surface area contributed by atoms with Crippen LogP contribution in [0.5, 0.6) is 0 Å². The van der Waals surface area contributed by atoms with Gasteiger partial charge in [0, 0.05) is 35.0 Å². The summed E-state index contributed by atoms with van der Waals surface area (Å²) in [7, 11) is 0. The van der Waals surface area contributed by atoms with Crippen LogP contribution in [0.2, 0.25) is 0 Å². The molecule has 1 aliphatic rings. The molecule has 0 aliphatic heterocycles. The molecular formula is C23H27N3O2S3. The predicted octanol–water partition coefficient (Wildman–Crippen LogP) is 5.65. The van der Waals surface area contributed by atoms with E-state index in [1.165, 1.54) is 42.4 Å². The van der Waals surface area contributed by atoms with Crippen molar-refractivity contribution in [3.63, 3.8) is 0 Å². The summed E-state index contributed by atoms with van der Waals surface area (Å²) in [6.45, 7) is 6.96. The molecule has 164 valence electrons. The molecule has 1 aliphatic carbocycles. The molecule has 0 N–H and O–H groups in total. The summed E-state index contributed by atoms with van der Waals surface area (Å²) in [4.78, 5) is 35.0. The van der Waals surface area contributed by atoms with E-state index in [1.54, 1.807) is 22.0 Å². The molecule has 0 spiro atoms. The number of rotatable bonds is 8. The van der Waals surface area contributed by atoms with Crippen LogP contribution in [-0.2, 0) is 11.3 Å². The number of thioether (sulfide) groups is 1. The summed E-state index contributed by atoms with van der Waals surface area (Å²) in [5, 5.41) is 5.26. The number of carbonyl (C=O) groups is 1. The smallest absolute Gasteiger partial charge is 0.263 e. The van der Waals surface area contributed by atoms with Crippen LogP contribution in [0, 0.1) is 0 Å². The first-order chi connectivity index (χ1) is 15.1. The molecule has 4 rings (SSSR count). The first kappa shape index (κ1) is 22.3. The fraction of sp³-hybridized carbons (Fsp3) is 0.435. The molecule has 0 bridgehead atoms. The van der Waals surface area contributed by atoms with Gasteiger partial charge in [-0.25, -0.2) is 4.98 Å². The molecule has 0 atom stereocenters. The second kappa shape index (κ2) is 10.1. The van der Waals surface area contributed by atoms with Crippen molar-refractivity contribution in [3.05, 3.63) is 45.9 Å². The van der Waals surface area contributed by atoms with Gasteiger partial charge in [0.25, 0.3) is 5.56 Å². The van der Waals surface area contributed by atoms with Crippen molar-refractivity contribution in [2.45, 2.75) is 56.8 Å². The second-order valence-corrected chi connectivity index (χ2v) is 10.4. The Labute approximate surface area is 194 Å². The minimum Gasteiger partial charge on any atom is -0.339 e. The van der Waals surface area contributed by atoms with Gasteiger partial charge in [-0.3, -0.25) is 14.2 Å².